The maximum absolute atomic E-state index is 13.0. The van der Waals surface area contributed by atoms with Gasteiger partial charge in [-0.3, -0.25) is 14.7 Å². The summed E-state index contributed by atoms with van der Waals surface area (Å²) in [6, 6.07) is 8.29. The minimum absolute atomic E-state index is 0.0971. The number of rotatable bonds is 12. The molecule has 8 heteroatoms. The number of aryl methyl sites for hydroxylation is 1. The summed E-state index contributed by atoms with van der Waals surface area (Å²) in [6.45, 7) is 0.726. The van der Waals surface area contributed by atoms with Crippen LogP contribution in [0.5, 0.6) is 0 Å². The highest BCUT2D eigenvalue weighted by molar-refractivity contribution is 7.99. The summed E-state index contributed by atoms with van der Waals surface area (Å²) in [7, 11) is 3.18. The first kappa shape index (κ1) is 22.9. The number of amides is 1. The van der Waals surface area contributed by atoms with Gasteiger partial charge in [-0.05, 0) is 49.6 Å². The van der Waals surface area contributed by atoms with E-state index < -0.39 is 0 Å². The average molecular weight is 422 g/mol. The van der Waals surface area contributed by atoms with Crippen molar-refractivity contribution in [3.8, 4) is 11.3 Å². The first-order valence-corrected chi connectivity index (χ1v) is 10.8. The van der Waals surface area contributed by atoms with Gasteiger partial charge in [0.05, 0.1) is 18.6 Å². The number of benzene rings is 1. The largest absolute Gasteiger partial charge is 0.468 e. The molecule has 158 valence electrons. The van der Waals surface area contributed by atoms with Crippen LogP contribution in [-0.4, -0.2) is 59.2 Å². The molecule has 1 aromatic heterocycles. The van der Waals surface area contributed by atoms with Crippen LogP contribution in [0.4, 0.5) is 4.39 Å². The standard InChI is InChI=1S/C21H28FN3O3S/c1-25(20(26)11-13-29-15-21(27)28-2)12-5-3-4-6-18-14-19(24-23-18)16-7-9-17(22)10-8-16/h7-10,14H,3-6,11-13,15H2,1-2H3,(H,23,24). The van der Waals surface area contributed by atoms with Crippen molar-refractivity contribution in [2.45, 2.75) is 32.1 Å². The second-order valence-electron chi connectivity index (χ2n) is 6.79. The van der Waals surface area contributed by atoms with Gasteiger partial charge >= 0.3 is 5.97 Å². The third kappa shape index (κ3) is 8.27. The van der Waals surface area contributed by atoms with Crippen LogP contribution in [0.15, 0.2) is 30.3 Å². The van der Waals surface area contributed by atoms with Gasteiger partial charge in [-0.2, -0.15) is 5.10 Å². The number of esters is 1. The van der Waals surface area contributed by atoms with E-state index in [0.29, 0.717) is 12.2 Å². The molecule has 0 bridgehead atoms. The van der Waals surface area contributed by atoms with E-state index in [0.717, 1.165) is 49.2 Å². The summed E-state index contributed by atoms with van der Waals surface area (Å²) >= 11 is 1.41. The van der Waals surface area contributed by atoms with Crippen molar-refractivity contribution >= 4 is 23.6 Å². The number of ether oxygens (including phenoxy) is 1. The van der Waals surface area contributed by atoms with E-state index in [1.165, 1.54) is 31.0 Å². The Morgan fingerprint density at radius 1 is 1.21 bits per heavy atom. The number of unbranched alkanes of at least 4 members (excludes halogenated alkanes) is 2. The molecule has 1 heterocycles. The first-order chi connectivity index (χ1) is 14.0. The van der Waals surface area contributed by atoms with E-state index in [2.05, 4.69) is 14.9 Å². The number of aromatic nitrogens is 2. The number of H-pyrrole nitrogens is 1. The van der Waals surface area contributed by atoms with Crippen LogP contribution in [-0.2, 0) is 20.7 Å². The van der Waals surface area contributed by atoms with Crippen molar-refractivity contribution < 1.29 is 18.7 Å². The van der Waals surface area contributed by atoms with E-state index in [9.17, 15) is 14.0 Å². The predicted molar refractivity (Wildman–Crippen MR) is 113 cm³/mol. The molecule has 0 unspecified atom stereocenters. The summed E-state index contributed by atoms with van der Waals surface area (Å²) < 4.78 is 17.6. The minimum Gasteiger partial charge on any atom is -0.468 e. The summed E-state index contributed by atoms with van der Waals surface area (Å²) in [5.41, 5.74) is 2.76. The second kappa shape index (κ2) is 12.3. The zero-order valence-electron chi connectivity index (χ0n) is 16.9. The summed E-state index contributed by atoms with van der Waals surface area (Å²) in [6.07, 6.45) is 4.27. The van der Waals surface area contributed by atoms with E-state index in [4.69, 9.17) is 0 Å². The van der Waals surface area contributed by atoms with Crippen LogP contribution < -0.4 is 0 Å². The smallest absolute Gasteiger partial charge is 0.315 e. The van der Waals surface area contributed by atoms with Crippen molar-refractivity contribution in [1.29, 1.82) is 0 Å². The highest BCUT2D eigenvalue weighted by atomic mass is 32.2. The number of methoxy groups -OCH3 is 1. The molecular weight excluding hydrogens is 393 g/mol. The lowest BCUT2D eigenvalue weighted by atomic mass is 10.1. The molecular formula is C21H28FN3O3S. The Kier molecular flexibility index (Phi) is 9.70. The van der Waals surface area contributed by atoms with E-state index in [1.807, 2.05) is 13.1 Å². The van der Waals surface area contributed by atoms with Gasteiger partial charge < -0.3 is 9.64 Å². The number of carbonyl (C=O) groups excluding carboxylic acids is 2. The van der Waals surface area contributed by atoms with Crippen LogP contribution in [0, 0.1) is 5.82 Å². The Balaban J connectivity index is 1.59. The van der Waals surface area contributed by atoms with Crippen LogP contribution in [0.3, 0.4) is 0 Å². The first-order valence-electron chi connectivity index (χ1n) is 9.68. The lowest BCUT2D eigenvalue weighted by molar-refractivity contribution is -0.137. The lowest BCUT2D eigenvalue weighted by Crippen LogP contribution is -2.28. The molecule has 29 heavy (non-hydrogen) atoms. The molecule has 0 aliphatic rings. The fourth-order valence-corrected chi connectivity index (χ4v) is 3.54. The fourth-order valence-electron chi connectivity index (χ4n) is 2.79. The topological polar surface area (TPSA) is 75.3 Å². The molecule has 1 aromatic carbocycles. The van der Waals surface area contributed by atoms with Crippen LogP contribution >= 0.6 is 11.8 Å². The molecule has 2 aromatic rings. The second-order valence-corrected chi connectivity index (χ2v) is 7.90. The zero-order chi connectivity index (χ0) is 21.1. The number of nitrogens with zero attached hydrogens (tertiary/aromatic N) is 2. The molecule has 0 aliphatic carbocycles. The van der Waals surface area contributed by atoms with E-state index in [-0.39, 0.29) is 23.4 Å². The van der Waals surface area contributed by atoms with Crippen molar-refractivity contribution in [2.75, 3.05) is 32.2 Å². The molecule has 0 fully saturated rings. The molecule has 1 N–H and O–H groups in total. The highest BCUT2D eigenvalue weighted by Gasteiger charge is 2.09. The normalized spacial score (nSPS) is 10.7. The summed E-state index contributed by atoms with van der Waals surface area (Å²) in [5, 5.41) is 7.32. The van der Waals surface area contributed by atoms with Gasteiger partial charge in [0, 0.05) is 37.0 Å². The van der Waals surface area contributed by atoms with E-state index >= 15 is 0 Å². The van der Waals surface area contributed by atoms with Crippen molar-refractivity contribution in [2.24, 2.45) is 0 Å². The fraction of sp³-hybridized carbons (Fsp3) is 0.476. The third-order valence-corrected chi connectivity index (χ3v) is 5.48. The van der Waals surface area contributed by atoms with E-state index in [1.54, 1.807) is 17.0 Å². The molecule has 0 spiro atoms. The number of halogens is 1. The van der Waals surface area contributed by atoms with Crippen LogP contribution in [0.1, 0.15) is 31.4 Å². The van der Waals surface area contributed by atoms with Crippen LogP contribution in [0.25, 0.3) is 11.3 Å². The molecule has 0 atom stereocenters. The molecule has 0 radical (unpaired) electrons. The van der Waals surface area contributed by atoms with Gasteiger partial charge in [-0.15, -0.1) is 11.8 Å². The summed E-state index contributed by atoms with van der Waals surface area (Å²) in [4.78, 5) is 24.8. The quantitative estimate of drug-likeness (QED) is 0.418. The van der Waals surface area contributed by atoms with Gasteiger partial charge in [0.2, 0.25) is 5.91 Å². The summed E-state index contributed by atoms with van der Waals surface area (Å²) in [5.74, 6) is 0.476. The van der Waals surface area contributed by atoms with Gasteiger partial charge in [0.25, 0.3) is 0 Å². The number of thioether (sulfide) groups is 1. The van der Waals surface area contributed by atoms with Gasteiger partial charge in [0.15, 0.2) is 0 Å². The maximum atomic E-state index is 13.0. The number of carbonyl (C=O) groups is 2. The Labute approximate surface area is 175 Å². The average Bonchev–Trinajstić information content (AvgIpc) is 3.19. The number of nitrogens with one attached hydrogen (secondary N) is 1. The van der Waals surface area contributed by atoms with Crippen LogP contribution in [0.2, 0.25) is 0 Å². The Morgan fingerprint density at radius 3 is 2.69 bits per heavy atom. The SMILES string of the molecule is COC(=O)CSCCC(=O)N(C)CCCCCc1cc(-c2ccc(F)cc2)n[nH]1. The molecule has 2 rings (SSSR count). The Hall–Kier alpha value is -2.35. The maximum Gasteiger partial charge on any atom is 0.315 e. The number of aromatic amines is 1. The minimum atomic E-state index is -0.266. The zero-order valence-corrected chi connectivity index (χ0v) is 17.8. The Bertz CT molecular complexity index is 780. The third-order valence-electron chi connectivity index (χ3n) is 4.54. The Morgan fingerprint density at radius 2 is 1.97 bits per heavy atom. The molecule has 0 saturated carbocycles. The van der Waals surface area contributed by atoms with Gasteiger partial charge in [-0.25, -0.2) is 4.39 Å². The number of hydrogen-bond acceptors (Lipinski definition) is 5. The van der Waals surface area contributed by atoms with Gasteiger partial charge in [-0.1, -0.05) is 6.42 Å². The molecule has 6 nitrogen and oxygen atoms in total. The molecule has 0 saturated heterocycles. The van der Waals surface area contributed by atoms with Crippen molar-refractivity contribution in [3.05, 3.63) is 41.8 Å². The predicted octanol–water partition coefficient (Wildman–Crippen LogP) is 3.68. The lowest BCUT2D eigenvalue weighted by Gasteiger charge is -2.16. The number of hydrogen-bond donors (Lipinski definition) is 1. The monoisotopic (exact) mass is 421 g/mol. The molecule has 1 amide bonds. The highest BCUT2D eigenvalue weighted by Crippen LogP contribution is 2.19. The molecule has 0 aliphatic heterocycles. The van der Waals surface area contributed by atoms with Crippen molar-refractivity contribution in [3.63, 3.8) is 0 Å². The van der Waals surface area contributed by atoms with Gasteiger partial charge in [0.1, 0.15) is 5.82 Å². The van der Waals surface area contributed by atoms with Crippen molar-refractivity contribution in [1.82, 2.24) is 15.1 Å².